The van der Waals surface area contributed by atoms with Crippen molar-refractivity contribution in [2.24, 2.45) is 0 Å². The molecule has 0 aliphatic rings. The Bertz CT molecular complexity index is 1600. The smallest absolute Gasteiger partial charge is 0.258 e. The number of fused-ring (bicyclic) bond motifs is 1. The van der Waals surface area contributed by atoms with E-state index in [0.717, 1.165) is 22.7 Å². The first-order valence-electron chi connectivity index (χ1n) is 16.8. The summed E-state index contributed by atoms with van der Waals surface area (Å²) in [6.07, 6.45) is 4.09. The fourth-order valence-corrected chi connectivity index (χ4v) is 20.6. The number of hydrogen-bond acceptors (Lipinski definition) is 4. The van der Waals surface area contributed by atoms with Gasteiger partial charge in [-0.1, -0.05) is 95.2 Å². The van der Waals surface area contributed by atoms with Gasteiger partial charge in [-0.25, -0.2) is 4.98 Å². The predicted molar refractivity (Wildman–Crippen MR) is 198 cm³/mol. The first-order chi connectivity index (χ1) is 21.2. The average Bonchev–Trinajstić information content (AvgIpc) is 3.39. The Balaban J connectivity index is 1.94. The summed E-state index contributed by atoms with van der Waals surface area (Å²) in [5.74, 6) is 0.908. The van der Waals surface area contributed by atoms with Crippen LogP contribution in [0.1, 0.15) is 88.8 Å². The fraction of sp³-hybridized carbons (Fsp3) is 0.474. The molecule has 0 aliphatic heterocycles. The van der Waals surface area contributed by atoms with Gasteiger partial charge in [0.1, 0.15) is 17.5 Å². The van der Waals surface area contributed by atoms with Crippen molar-refractivity contribution in [3.8, 4) is 22.9 Å². The third kappa shape index (κ3) is 6.24. The lowest BCUT2D eigenvalue weighted by Crippen LogP contribution is -2.51. The summed E-state index contributed by atoms with van der Waals surface area (Å²) < 4.78 is 9.97. The van der Waals surface area contributed by atoms with Crippen molar-refractivity contribution in [1.82, 2.24) is 9.22 Å². The third-order valence-corrected chi connectivity index (χ3v) is 23.1. The highest BCUT2D eigenvalue weighted by molar-refractivity contribution is 6.82. The lowest BCUT2D eigenvalue weighted by atomic mass is 10.0. The van der Waals surface area contributed by atoms with E-state index in [1.54, 1.807) is 12.3 Å². The number of rotatable bonds is 12. The molecule has 0 spiro atoms. The van der Waals surface area contributed by atoms with Gasteiger partial charge in [0, 0.05) is 22.7 Å². The summed E-state index contributed by atoms with van der Waals surface area (Å²) in [6, 6.07) is 21.5. The van der Waals surface area contributed by atoms with Gasteiger partial charge in [0.25, 0.3) is 8.32 Å². The summed E-state index contributed by atoms with van der Waals surface area (Å²) in [5, 5.41) is 14.1. The van der Waals surface area contributed by atoms with E-state index in [2.05, 4.69) is 152 Å². The van der Waals surface area contributed by atoms with Crippen LogP contribution >= 0.6 is 0 Å². The monoisotopic (exact) mass is 638 g/mol. The zero-order valence-corrected chi connectivity index (χ0v) is 31.6. The highest BCUT2D eigenvalue weighted by atomic mass is 28.4. The van der Waals surface area contributed by atoms with E-state index in [-0.39, 0.29) is 0 Å². The maximum Gasteiger partial charge on any atom is 0.258 e. The molecule has 1 N–H and O–H groups in total. The van der Waals surface area contributed by atoms with Crippen LogP contribution in [0.2, 0.25) is 33.2 Å². The SMILES string of the molecule is CC(C)[Si](Oc1cc(Nc2ccc(C#N)nc2)cc(-c2cccc3c2ccn3[Si](C(C)C)(C(C)C)C(C)C)c1)(C(C)C)C(C)C. The summed E-state index contributed by atoms with van der Waals surface area (Å²) in [4.78, 5) is 4.29. The van der Waals surface area contributed by atoms with Gasteiger partial charge >= 0.3 is 0 Å². The molecule has 4 rings (SSSR count). The predicted octanol–water partition coefficient (Wildman–Crippen LogP) is 11.9. The van der Waals surface area contributed by atoms with Crippen LogP contribution in [-0.4, -0.2) is 25.8 Å². The van der Waals surface area contributed by atoms with Gasteiger partial charge in [0.2, 0.25) is 0 Å². The molecule has 7 heteroatoms. The largest absolute Gasteiger partial charge is 0.543 e. The molecule has 0 amide bonds. The Morgan fingerprint density at radius 1 is 0.733 bits per heavy atom. The van der Waals surface area contributed by atoms with Gasteiger partial charge < -0.3 is 14.0 Å². The van der Waals surface area contributed by atoms with Crippen molar-refractivity contribution < 1.29 is 4.43 Å². The Morgan fingerprint density at radius 3 is 1.87 bits per heavy atom. The van der Waals surface area contributed by atoms with Crippen molar-refractivity contribution >= 4 is 38.8 Å². The molecule has 0 bridgehead atoms. The molecule has 45 heavy (non-hydrogen) atoms. The lowest BCUT2D eigenvalue weighted by molar-refractivity contribution is 0.480. The van der Waals surface area contributed by atoms with E-state index in [1.165, 1.54) is 16.5 Å². The van der Waals surface area contributed by atoms with E-state index < -0.39 is 16.6 Å². The van der Waals surface area contributed by atoms with E-state index in [1.807, 2.05) is 6.07 Å². The van der Waals surface area contributed by atoms with Gasteiger partial charge in [-0.3, -0.25) is 0 Å². The number of aromatic nitrogens is 2. The standard InChI is InChI=1S/C38H54N4OSi2/c1-25(2)44(26(3)4,27(5)6)42-19-18-37-36(14-13-15-38(37)42)31-20-34(41-33-17-16-32(23-39)40-24-33)22-35(21-31)43-45(28(7)8,29(9)10)30(11)12/h13-22,24-30,41H,1-12H3. The van der Waals surface area contributed by atoms with Crippen molar-refractivity contribution in [1.29, 1.82) is 5.26 Å². The van der Waals surface area contributed by atoms with Crippen LogP contribution in [0.15, 0.2) is 67.0 Å². The molecule has 0 radical (unpaired) electrons. The quantitative estimate of drug-likeness (QED) is 0.157. The van der Waals surface area contributed by atoms with Gasteiger partial charge in [-0.05, 0) is 87.0 Å². The minimum atomic E-state index is -2.21. The lowest BCUT2D eigenvalue weighted by Gasteiger charge is -2.44. The Labute approximate surface area is 274 Å². The van der Waals surface area contributed by atoms with Gasteiger partial charge in [0.05, 0.1) is 11.9 Å². The maximum atomic E-state index is 9.24. The molecule has 0 aliphatic carbocycles. The molecular formula is C38H54N4OSi2. The molecule has 2 heterocycles. The summed E-state index contributed by atoms with van der Waals surface area (Å²) in [5.41, 5.74) is 9.03. The second kappa shape index (κ2) is 13.6. The number of benzene rings is 2. The van der Waals surface area contributed by atoms with Crippen LogP contribution in [-0.2, 0) is 0 Å². The number of nitriles is 1. The summed E-state index contributed by atoms with van der Waals surface area (Å²) >= 11 is 0. The maximum absolute atomic E-state index is 9.24. The number of nitrogens with one attached hydrogen (secondary N) is 1. The topological polar surface area (TPSA) is 62.9 Å². The highest BCUT2D eigenvalue weighted by Gasteiger charge is 2.47. The molecule has 2 aromatic carbocycles. The normalized spacial score (nSPS) is 12.7. The van der Waals surface area contributed by atoms with Gasteiger partial charge in [0.15, 0.2) is 8.24 Å². The van der Waals surface area contributed by atoms with Crippen LogP contribution in [0, 0.1) is 11.3 Å². The fourth-order valence-electron chi connectivity index (χ4n) is 8.74. The second-order valence-corrected chi connectivity index (χ2v) is 25.7. The molecule has 0 saturated carbocycles. The molecule has 5 nitrogen and oxygen atoms in total. The van der Waals surface area contributed by atoms with Crippen LogP contribution in [0.25, 0.3) is 22.0 Å². The molecule has 2 aromatic heterocycles. The van der Waals surface area contributed by atoms with Crippen LogP contribution in [0.5, 0.6) is 5.75 Å². The summed E-state index contributed by atoms with van der Waals surface area (Å²) in [7, 11) is -4.14. The molecular weight excluding hydrogens is 585 g/mol. The zero-order chi connectivity index (χ0) is 33.3. The first kappa shape index (κ1) is 34.5. The van der Waals surface area contributed by atoms with E-state index in [9.17, 15) is 5.26 Å². The minimum Gasteiger partial charge on any atom is -0.543 e. The highest BCUT2D eigenvalue weighted by Crippen LogP contribution is 2.47. The Hall–Kier alpha value is -3.35. The molecule has 0 fully saturated rings. The van der Waals surface area contributed by atoms with Crippen molar-refractivity contribution in [3.63, 3.8) is 0 Å². The molecule has 240 valence electrons. The second-order valence-electron chi connectivity index (χ2n) is 14.6. The molecule has 4 aromatic rings. The first-order valence-corrected chi connectivity index (χ1v) is 21.1. The number of pyridine rings is 1. The molecule has 0 unspecified atom stereocenters. The number of nitrogens with zero attached hydrogens (tertiary/aromatic N) is 3. The average molecular weight is 639 g/mol. The van der Waals surface area contributed by atoms with E-state index in [0.29, 0.717) is 38.9 Å². The van der Waals surface area contributed by atoms with Gasteiger partial charge in [-0.15, -0.1) is 0 Å². The van der Waals surface area contributed by atoms with E-state index >= 15 is 0 Å². The van der Waals surface area contributed by atoms with Crippen molar-refractivity contribution in [2.45, 2.75) is 116 Å². The van der Waals surface area contributed by atoms with Gasteiger partial charge in [-0.2, -0.15) is 5.26 Å². The Kier molecular flexibility index (Phi) is 10.4. The molecule has 0 saturated heterocycles. The number of anilines is 2. The van der Waals surface area contributed by atoms with Crippen molar-refractivity contribution in [2.75, 3.05) is 5.32 Å². The van der Waals surface area contributed by atoms with Crippen LogP contribution in [0.3, 0.4) is 0 Å². The third-order valence-electron chi connectivity index (χ3n) is 10.3. The van der Waals surface area contributed by atoms with E-state index in [4.69, 9.17) is 4.43 Å². The Morgan fingerprint density at radius 2 is 1.36 bits per heavy atom. The van der Waals surface area contributed by atoms with Crippen LogP contribution in [0.4, 0.5) is 11.4 Å². The zero-order valence-electron chi connectivity index (χ0n) is 29.6. The molecule has 0 atom stereocenters. The minimum absolute atomic E-state index is 0.403. The van der Waals surface area contributed by atoms with Crippen molar-refractivity contribution in [3.05, 3.63) is 72.7 Å². The summed E-state index contributed by atoms with van der Waals surface area (Å²) in [6.45, 7) is 28.5. The van der Waals surface area contributed by atoms with Crippen LogP contribution < -0.4 is 9.74 Å². The number of hydrogen-bond donors (Lipinski definition) is 1.